The van der Waals surface area contributed by atoms with Crippen molar-refractivity contribution in [3.05, 3.63) is 29.8 Å². The molecule has 1 atom stereocenters. The molecule has 0 N–H and O–H groups in total. The van der Waals surface area contributed by atoms with Crippen LogP contribution in [0.1, 0.15) is 19.4 Å². The van der Waals surface area contributed by atoms with Gasteiger partial charge in [-0.2, -0.15) is 0 Å². The third-order valence-corrected chi connectivity index (χ3v) is 1.98. The lowest BCUT2D eigenvalue weighted by molar-refractivity contribution is -0.312. The Balaban J connectivity index is 2.64. The molecule has 0 bridgehead atoms. The fourth-order valence-electron chi connectivity index (χ4n) is 1.06. The van der Waals surface area contributed by atoms with Gasteiger partial charge in [-0.1, -0.05) is 19.1 Å². The van der Waals surface area contributed by atoms with E-state index < -0.39 is 12.1 Å². The molecular weight excluding hydrogens is 180 g/mol. The third-order valence-electron chi connectivity index (χ3n) is 1.98. The molecule has 0 aromatic heterocycles. The molecule has 14 heavy (non-hydrogen) atoms. The molecule has 0 aliphatic heterocycles. The van der Waals surface area contributed by atoms with E-state index in [4.69, 9.17) is 4.74 Å². The van der Waals surface area contributed by atoms with Gasteiger partial charge in [0.15, 0.2) is 0 Å². The van der Waals surface area contributed by atoms with Crippen molar-refractivity contribution in [2.75, 3.05) is 0 Å². The number of aryl methyl sites for hydroxylation is 1. The summed E-state index contributed by atoms with van der Waals surface area (Å²) in [6, 6.07) is 7.35. The largest absolute Gasteiger partial charge is 0.546 e. The second kappa shape index (κ2) is 4.65. The van der Waals surface area contributed by atoms with Gasteiger partial charge in [-0.3, -0.25) is 0 Å². The summed E-state index contributed by atoms with van der Waals surface area (Å²) in [7, 11) is 0. The molecular formula is C11H13O3-. The molecule has 0 heterocycles. The minimum atomic E-state index is -1.20. The molecule has 76 valence electrons. The maximum Gasteiger partial charge on any atom is 0.135 e. The molecule has 1 rings (SSSR count). The summed E-state index contributed by atoms with van der Waals surface area (Å²) in [6.45, 7) is 3.50. The molecule has 0 amide bonds. The number of hydrogen-bond acceptors (Lipinski definition) is 3. The van der Waals surface area contributed by atoms with Gasteiger partial charge in [-0.05, 0) is 31.0 Å². The van der Waals surface area contributed by atoms with Crippen molar-refractivity contribution >= 4 is 5.97 Å². The summed E-state index contributed by atoms with van der Waals surface area (Å²) < 4.78 is 5.11. The molecule has 0 spiro atoms. The van der Waals surface area contributed by atoms with Crippen LogP contribution in [0, 0.1) is 0 Å². The molecule has 1 aromatic rings. The van der Waals surface area contributed by atoms with Crippen molar-refractivity contribution in [2.45, 2.75) is 26.4 Å². The van der Waals surface area contributed by atoms with Gasteiger partial charge in [-0.15, -0.1) is 0 Å². The number of carboxylic acid groups (broad SMARTS) is 1. The lowest BCUT2D eigenvalue weighted by Gasteiger charge is -2.15. The van der Waals surface area contributed by atoms with Crippen molar-refractivity contribution in [1.29, 1.82) is 0 Å². The van der Waals surface area contributed by atoms with Gasteiger partial charge in [0.2, 0.25) is 0 Å². The number of carbonyl (C=O) groups excluding carboxylic acids is 1. The van der Waals surface area contributed by atoms with E-state index >= 15 is 0 Å². The first-order valence-electron chi connectivity index (χ1n) is 4.60. The number of carbonyl (C=O) groups is 1. The Bertz CT molecular complexity index is 303. The zero-order valence-corrected chi connectivity index (χ0v) is 8.32. The molecule has 0 aliphatic rings. The molecule has 0 unspecified atom stereocenters. The average Bonchev–Trinajstić information content (AvgIpc) is 2.19. The summed E-state index contributed by atoms with van der Waals surface area (Å²) in [5, 5.41) is 10.4. The fourth-order valence-corrected chi connectivity index (χ4v) is 1.06. The van der Waals surface area contributed by atoms with Crippen LogP contribution in [0.25, 0.3) is 0 Å². The van der Waals surface area contributed by atoms with Gasteiger partial charge in [0, 0.05) is 0 Å². The predicted octanol–water partition coefficient (Wildman–Crippen LogP) is 0.766. The number of hydrogen-bond donors (Lipinski definition) is 0. The average molecular weight is 193 g/mol. The maximum absolute atomic E-state index is 10.4. The Morgan fingerprint density at radius 1 is 1.43 bits per heavy atom. The van der Waals surface area contributed by atoms with Gasteiger partial charge >= 0.3 is 0 Å². The van der Waals surface area contributed by atoms with E-state index in [0.29, 0.717) is 5.75 Å². The number of rotatable bonds is 4. The van der Waals surface area contributed by atoms with Crippen molar-refractivity contribution in [3.8, 4) is 5.75 Å². The van der Waals surface area contributed by atoms with Crippen LogP contribution in [-0.4, -0.2) is 12.1 Å². The topological polar surface area (TPSA) is 49.4 Å². The van der Waals surface area contributed by atoms with E-state index in [9.17, 15) is 9.90 Å². The molecule has 0 saturated carbocycles. The minimum Gasteiger partial charge on any atom is -0.546 e. The first-order valence-corrected chi connectivity index (χ1v) is 4.60. The van der Waals surface area contributed by atoms with Crippen LogP contribution < -0.4 is 9.84 Å². The van der Waals surface area contributed by atoms with Gasteiger partial charge in [0.1, 0.15) is 11.9 Å². The Labute approximate surface area is 83.3 Å². The van der Waals surface area contributed by atoms with Gasteiger partial charge in [-0.25, -0.2) is 0 Å². The molecule has 0 aliphatic carbocycles. The SMILES string of the molecule is CCc1ccc(O[C@@H](C)C(=O)[O-])cc1. The highest BCUT2D eigenvalue weighted by Gasteiger charge is 2.03. The fraction of sp³-hybridized carbons (Fsp3) is 0.364. The number of ether oxygens (including phenoxy) is 1. The normalized spacial score (nSPS) is 12.1. The summed E-state index contributed by atoms with van der Waals surface area (Å²) in [5.74, 6) is -0.650. The summed E-state index contributed by atoms with van der Waals surface area (Å²) in [5.41, 5.74) is 1.19. The molecule has 3 heteroatoms. The Kier molecular flexibility index (Phi) is 3.51. The van der Waals surface area contributed by atoms with Crippen LogP contribution in [0.15, 0.2) is 24.3 Å². The van der Waals surface area contributed by atoms with Crippen LogP contribution in [-0.2, 0) is 11.2 Å². The highest BCUT2D eigenvalue weighted by molar-refractivity contribution is 5.69. The van der Waals surface area contributed by atoms with E-state index in [2.05, 4.69) is 6.92 Å². The molecule has 3 nitrogen and oxygen atoms in total. The molecule has 0 saturated heterocycles. The number of carboxylic acids is 1. The summed E-state index contributed by atoms with van der Waals surface area (Å²) >= 11 is 0. The van der Waals surface area contributed by atoms with Crippen molar-refractivity contribution in [1.82, 2.24) is 0 Å². The number of benzene rings is 1. The van der Waals surface area contributed by atoms with E-state index in [-0.39, 0.29) is 0 Å². The van der Waals surface area contributed by atoms with E-state index in [1.807, 2.05) is 12.1 Å². The van der Waals surface area contributed by atoms with Crippen LogP contribution in [0.2, 0.25) is 0 Å². The number of aliphatic carboxylic acids is 1. The van der Waals surface area contributed by atoms with Crippen molar-refractivity contribution in [2.24, 2.45) is 0 Å². The van der Waals surface area contributed by atoms with Crippen LogP contribution >= 0.6 is 0 Å². The van der Waals surface area contributed by atoms with Crippen LogP contribution in [0.4, 0.5) is 0 Å². The lowest BCUT2D eigenvalue weighted by atomic mass is 10.2. The first kappa shape index (κ1) is 10.6. The zero-order chi connectivity index (χ0) is 10.6. The second-order valence-electron chi connectivity index (χ2n) is 3.08. The van der Waals surface area contributed by atoms with Crippen LogP contribution in [0.3, 0.4) is 0 Å². The molecule has 1 aromatic carbocycles. The summed E-state index contributed by atoms with van der Waals surface area (Å²) in [4.78, 5) is 10.4. The minimum absolute atomic E-state index is 0.555. The highest BCUT2D eigenvalue weighted by Crippen LogP contribution is 2.13. The van der Waals surface area contributed by atoms with Crippen LogP contribution in [0.5, 0.6) is 5.75 Å². The lowest BCUT2D eigenvalue weighted by Crippen LogP contribution is -2.37. The summed E-state index contributed by atoms with van der Waals surface area (Å²) in [6.07, 6.45) is 0.0403. The Hall–Kier alpha value is -1.51. The van der Waals surface area contributed by atoms with E-state index in [0.717, 1.165) is 6.42 Å². The van der Waals surface area contributed by atoms with Gasteiger partial charge in [0.25, 0.3) is 0 Å². The van der Waals surface area contributed by atoms with E-state index in [1.54, 1.807) is 12.1 Å². The molecule has 0 radical (unpaired) electrons. The molecule has 0 fully saturated rings. The van der Waals surface area contributed by atoms with Crippen molar-refractivity contribution in [3.63, 3.8) is 0 Å². The second-order valence-corrected chi connectivity index (χ2v) is 3.08. The standard InChI is InChI=1S/C11H14O3/c1-3-9-4-6-10(7-5-9)14-8(2)11(12)13/h4-8H,3H2,1-2H3,(H,12,13)/p-1/t8-/m0/s1. The van der Waals surface area contributed by atoms with Crippen molar-refractivity contribution < 1.29 is 14.6 Å². The Morgan fingerprint density at radius 3 is 2.43 bits per heavy atom. The maximum atomic E-state index is 10.4. The third kappa shape index (κ3) is 2.76. The van der Waals surface area contributed by atoms with Gasteiger partial charge < -0.3 is 14.6 Å². The first-order chi connectivity index (χ1) is 6.63. The smallest absolute Gasteiger partial charge is 0.135 e. The monoisotopic (exact) mass is 193 g/mol. The predicted molar refractivity (Wildman–Crippen MR) is 50.9 cm³/mol. The Morgan fingerprint density at radius 2 is 2.00 bits per heavy atom. The van der Waals surface area contributed by atoms with E-state index in [1.165, 1.54) is 12.5 Å². The quantitative estimate of drug-likeness (QED) is 0.709. The zero-order valence-electron chi connectivity index (χ0n) is 8.32. The van der Waals surface area contributed by atoms with Gasteiger partial charge in [0.05, 0.1) is 5.97 Å². The highest BCUT2D eigenvalue weighted by atomic mass is 16.5.